The Hall–Kier alpha value is -1.01. The second-order valence-corrected chi connectivity index (χ2v) is 5.74. The van der Waals surface area contributed by atoms with Crippen molar-refractivity contribution in [2.45, 2.75) is 25.7 Å². The third-order valence-corrected chi connectivity index (χ3v) is 4.30. The Morgan fingerprint density at radius 3 is 2.53 bits per heavy atom. The van der Waals surface area contributed by atoms with E-state index in [0.717, 1.165) is 25.0 Å². The molecule has 3 N–H and O–H groups in total. The fourth-order valence-electron chi connectivity index (χ4n) is 2.48. The molecule has 0 aliphatic heterocycles. The molecule has 2 rings (SSSR count). The Kier molecular flexibility index (Phi) is 4.20. The molecule has 104 valence electrons. The predicted octanol–water partition coefficient (Wildman–Crippen LogP) is 3.18. The number of amides is 1. The third kappa shape index (κ3) is 2.79. The zero-order valence-corrected chi connectivity index (χ0v) is 11.9. The summed E-state index contributed by atoms with van der Waals surface area (Å²) in [6, 6.07) is 1.85. The van der Waals surface area contributed by atoms with Crippen LogP contribution in [0.1, 0.15) is 25.7 Å². The van der Waals surface area contributed by atoms with Gasteiger partial charge in [-0.2, -0.15) is 0 Å². The smallest absolute Gasteiger partial charge is 0.231 e. The molecule has 1 aliphatic carbocycles. The molecule has 0 bridgehead atoms. The van der Waals surface area contributed by atoms with Crippen molar-refractivity contribution >= 4 is 27.5 Å². The molecule has 6 heteroatoms. The van der Waals surface area contributed by atoms with Gasteiger partial charge in [-0.25, -0.2) is 8.78 Å². The minimum absolute atomic E-state index is 0.0360. The van der Waals surface area contributed by atoms with Crippen LogP contribution in [0.15, 0.2) is 16.6 Å². The summed E-state index contributed by atoms with van der Waals surface area (Å²) in [5.41, 5.74) is 5.04. The largest absolute Gasteiger partial charge is 0.329 e. The molecule has 1 aliphatic rings. The lowest BCUT2D eigenvalue weighted by Gasteiger charge is -2.26. The molecule has 1 saturated carbocycles. The predicted molar refractivity (Wildman–Crippen MR) is 72.6 cm³/mol. The van der Waals surface area contributed by atoms with E-state index in [-0.39, 0.29) is 22.6 Å². The molecule has 0 unspecified atom stereocenters. The summed E-state index contributed by atoms with van der Waals surface area (Å²) in [7, 11) is 0. The zero-order valence-electron chi connectivity index (χ0n) is 10.3. The zero-order chi connectivity index (χ0) is 14.0. The number of hydrogen-bond acceptors (Lipinski definition) is 2. The summed E-state index contributed by atoms with van der Waals surface area (Å²) in [5, 5.41) is 2.53. The van der Waals surface area contributed by atoms with Gasteiger partial charge in [0.05, 0.1) is 11.1 Å². The van der Waals surface area contributed by atoms with Crippen LogP contribution in [0.5, 0.6) is 0 Å². The Labute approximate surface area is 118 Å². The number of nitrogens with one attached hydrogen (secondary N) is 1. The number of carbonyl (C=O) groups excluding carboxylic acids is 1. The lowest BCUT2D eigenvalue weighted by Crippen LogP contribution is -2.40. The molecule has 0 radical (unpaired) electrons. The number of carbonyl (C=O) groups is 1. The lowest BCUT2D eigenvalue weighted by molar-refractivity contribution is -0.124. The highest BCUT2D eigenvalue weighted by atomic mass is 79.9. The summed E-state index contributed by atoms with van der Waals surface area (Å²) in [5.74, 6) is -1.79. The van der Waals surface area contributed by atoms with Gasteiger partial charge in [-0.05, 0) is 34.8 Å². The first kappa shape index (κ1) is 14.4. The molecule has 0 aromatic heterocycles. The number of benzene rings is 1. The van der Waals surface area contributed by atoms with E-state index in [1.807, 2.05) is 0 Å². The molecule has 3 nitrogen and oxygen atoms in total. The van der Waals surface area contributed by atoms with Gasteiger partial charge in [-0.1, -0.05) is 12.8 Å². The van der Waals surface area contributed by atoms with Crippen LogP contribution in [0.2, 0.25) is 0 Å². The lowest BCUT2D eigenvalue weighted by atomic mass is 9.85. The molecule has 0 heterocycles. The van der Waals surface area contributed by atoms with Crippen LogP contribution in [0.3, 0.4) is 0 Å². The Balaban J connectivity index is 2.24. The molecule has 1 fully saturated rings. The van der Waals surface area contributed by atoms with E-state index < -0.39 is 17.0 Å². The number of nitrogens with two attached hydrogens (primary N) is 1. The normalized spacial score (nSPS) is 17.5. The summed E-state index contributed by atoms with van der Waals surface area (Å²) in [6.45, 7) is 0.235. The summed E-state index contributed by atoms with van der Waals surface area (Å²) in [4.78, 5) is 12.3. The summed E-state index contributed by atoms with van der Waals surface area (Å²) >= 11 is 3.05. The van der Waals surface area contributed by atoms with Gasteiger partial charge in [-0.15, -0.1) is 0 Å². The Morgan fingerprint density at radius 2 is 2.00 bits per heavy atom. The topological polar surface area (TPSA) is 55.1 Å². The van der Waals surface area contributed by atoms with Crippen molar-refractivity contribution in [3.63, 3.8) is 0 Å². The van der Waals surface area contributed by atoms with Gasteiger partial charge in [0.25, 0.3) is 0 Å². The fraction of sp³-hybridized carbons (Fsp3) is 0.462. The van der Waals surface area contributed by atoms with Gasteiger partial charge in [0.2, 0.25) is 5.91 Å². The molecule has 1 aromatic carbocycles. The third-order valence-electron chi connectivity index (χ3n) is 3.68. The van der Waals surface area contributed by atoms with Crippen LogP contribution in [0.4, 0.5) is 14.5 Å². The van der Waals surface area contributed by atoms with Crippen LogP contribution in [0.25, 0.3) is 0 Å². The van der Waals surface area contributed by atoms with Crippen molar-refractivity contribution in [2.24, 2.45) is 11.1 Å². The highest BCUT2D eigenvalue weighted by molar-refractivity contribution is 9.10. The van der Waals surface area contributed by atoms with Crippen LogP contribution in [0, 0.1) is 17.0 Å². The molecular weight excluding hydrogens is 318 g/mol. The van der Waals surface area contributed by atoms with E-state index in [4.69, 9.17) is 5.73 Å². The van der Waals surface area contributed by atoms with Crippen LogP contribution < -0.4 is 11.1 Å². The van der Waals surface area contributed by atoms with Crippen molar-refractivity contribution in [1.82, 2.24) is 0 Å². The molecule has 0 spiro atoms. The average molecular weight is 333 g/mol. The van der Waals surface area contributed by atoms with Gasteiger partial charge >= 0.3 is 0 Å². The molecule has 0 atom stereocenters. The van der Waals surface area contributed by atoms with Crippen LogP contribution in [-0.2, 0) is 4.79 Å². The van der Waals surface area contributed by atoms with Crippen molar-refractivity contribution < 1.29 is 13.6 Å². The average Bonchev–Trinajstić information content (AvgIpc) is 2.83. The maximum absolute atomic E-state index is 13.7. The fourth-order valence-corrected chi connectivity index (χ4v) is 2.99. The van der Waals surface area contributed by atoms with Crippen molar-refractivity contribution in [3.05, 3.63) is 28.2 Å². The minimum Gasteiger partial charge on any atom is -0.329 e. The van der Waals surface area contributed by atoms with E-state index in [2.05, 4.69) is 21.2 Å². The maximum atomic E-state index is 13.7. The standard InChI is InChI=1S/C13H15BrF2N2O/c14-9-5-8(15)6-10(16)11(9)18-12(19)13(7-17)3-1-2-4-13/h5-6H,1-4,7,17H2,(H,18,19). The van der Waals surface area contributed by atoms with E-state index in [9.17, 15) is 13.6 Å². The Morgan fingerprint density at radius 1 is 1.37 bits per heavy atom. The number of hydrogen-bond donors (Lipinski definition) is 2. The number of anilines is 1. The first-order valence-electron chi connectivity index (χ1n) is 6.14. The SMILES string of the molecule is NCC1(C(=O)Nc2c(F)cc(F)cc2Br)CCCC1. The van der Waals surface area contributed by atoms with E-state index in [1.165, 1.54) is 0 Å². The van der Waals surface area contributed by atoms with Gasteiger partial charge in [0.1, 0.15) is 5.82 Å². The molecular formula is C13H15BrF2N2O. The first-order valence-corrected chi connectivity index (χ1v) is 6.94. The maximum Gasteiger partial charge on any atom is 0.231 e. The summed E-state index contributed by atoms with van der Waals surface area (Å²) < 4.78 is 26.8. The number of rotatable bonds is 3. The van der Waals surface area contributed by atoms with Crippen molar-refractivity contribution in [3.8, 4) is 0 Å². The summed E-state index contributed by atoms with van der Waals surface area (Å²) in [6.07, 6.45) is 3.29. The van der Waals surface area contributed by atoms with E-state index >= 15 is 0 Å². The quantitative estimate of drug-likeness (QED) is 0.893. The van der Waals surface area contributed by atoms with Crippen LogP contribution in [-0.4, -0.2) is 12.5 Å². The first-order chi connectivity index (χ1) is 8.98. The van der Waals surface area contributed by atoms with Gasteiger partial charge < -0.3 is 11.1 Å². The van der Waals surface area contributed by atoms with Crippen LogP contribution >= 0.6 is 15.9 Å². The second kappa shape index (κ2) is 5.54. The van der Waals surface area contributed by atoms with Gasteiger partial charge in [-0.3, -0.25) is 4.79 Å². The molecule has 1 aromatic rings. The molecule has 1 amide bonds. The van der Waals surface area contributed by atoms with Crippen molar-refractivity contribution in [2.75, 3.05) is 11.9 Å². The number of halogens is 3. The Bertz CT molecular complexity index is 478. The van der Waals surface area contributed by atoms with Gasteiger partial charge in [0.15, 0.2) is 5.82 Å². The van der Waals surface area contributed by atoms with E-state index in [0.29, 0.717) is 12.8 Å². The highest BCUT2D eigenvalue weighted by Gasteiger charge is 2.40. The van der Waals surface area contributed by atoms with Gasteiger partial charge in [0, 0.05) is 17.1 Å². The molecule has 19 heavy (non-hydrogen) atoms. The molecule has 0 saturated heterocycles. The van der Waals surface area contributed by atoms with Crippen molar-refractivity contribution in [1.29, 1.82) is 0 Å². The minimum atomic E-state index is -0.801. The second-order valence-electron chi connectivity index (χ2n) is 4.89. The highest BCUT2D eigenvalue weighted by Crippen LogP contribution is 2.39. The van der Waals surface area contributed by atoms with E-state index in [1.54, 1.807) is 0 Å². The monoisotopic (exact) mass is 332 g/mol.